The first-order valence-corrected chi connectivity index (χ1v) is 11.1. The van der Waals surface area contributed by atoms with E-state index in [2.05, 4.69) is 10.2 Å². The first kappa shape index (κ1) is 20.0. The van der Waals surface area contributed by atoms with Gasteiger partial charge in [-0.15, -0.1) is 0 Å². The van der Waals surface area contributed by atoms with Gasteiger partial charge in [0.2, 0.25) is 17.7 Å². The summed E-state index contributed by atoms with van der Waals surface area (Å²) in [6.45, 7) is 4.57. The van der Waals surface area contributed by atoms with Gasteiger partial charge in [-0.1, -0.05) is 12.1 Å². The number of carbonyl (C=O) groups is 3. The summed E-state index contributed by atoms with van der Waals surface area (Å²) in [5.74, 6) is -2.48. The van der Waals surface area contributed by atoms with Crippen LogP contribution in [0.25, 0.3) is 0 Å². The summed E-state index contributed by atoms with van der Waals surface area (Å²) in [5.41, 5.74) is 2.46. The summed E-state index contributed by atoms with van der Waals surface area (Å²) in [4.78, 5) is 55.0. The highest BCUT2D eigenvalue weighted by Gasteiger charge is 2.74. The van der Waals surface area contributed by atoms with Crippen molar-refractivity contribution < 1.29 is 19.3 Å². The van der Waals surface area contributed by atoms with Crippen molar-refractivity contribution in [3.8, 4) is 0 Å². The van der Waals surface area contributed by atoms with E-state index in [1.165, 1.54) is 24.3 Å². The number of amides is 3. The van der Waals surface area contributed by atoms with Crippen LogP contribution in [0.2, 0.25) is 0 Å². The predicted octanol–water partition coefficient (Wildman–Crippen LogP) is 2.64. The lowest BCUT2D eigenvalue weighted by Gasteiger charge is -2.36. The molecule has 0 unspecified atom stereocenters. The molecule has 2 aromatic carbocycles. The van der Waals surface area contributed by atoms with Gasteiger partial charge >= 0.3 is 0 Å². The topological polar surface area (TPSA) is 113 Å². The number of fused-ring (bicyclic) bond motifs is 7. The van der Waals surface area contributed by atoms with Crippen molar-refractivity contribution in [1.29, 1.82) is 0 Å². The van der Waals surface area contributed by atoms with Crippen molar-refractivity contribution >= 4 is 34.8 Å². The Balaban J connectivity index is 1.52. The lowest BCUT2D eigenvalue weighted by molar-refractivity contribution is -0.384. The van der Waals surface area contributed by atoms with Crippen molar-refractivity contribution in [2.24, 2.45) is 11.8 Å². The number of aryl methyl sites for hydroxylation is 1. The van der Waals surface area contributed by atoms with E-state index >= 15 is 0 Å². The van der Waals surface area contributed by atoms with Crippen LogP contribution in [0.5, 0.6) is 0 Å². The van der Waals surface area contributed by atoms with Crippen molar-refractivity contribution in [2.75, 3.05) is 16.8 Å². The predicted molar refractivity (Wildman–Crippen MR) is 119 cm³/mol. The average Bonchev–Trinajstić information content (AvgIpc) is 3.50. The van der Waals surface area contributed by atoms with Gasteiger partial charge in [0.05, 0.1) is 22.4 Å². The molecule has 1 spiro atoms. The summed E-state index contributed by atoms with van der Waals surface area (Å²) in [6, 6.07) is 9.09. The molecule has 2 aromatic rings. The van der Waals surface area contributed by atoms with Gasteiger partial charge in [-0.05, 0) is 56.5 Å². The highest BCUT2D eigenvalue weighted by atomic mass is 16.6. The molecule has 168 valence electrons. The van der Waals surface area contributed by atoms with Crippen LogP contribution >= 0.6 is 0 Å². The lowest BCUT2D eigenvalue weighted by atomic mass is 9.75. The Hall–Kier alpha value is -3.59. The number of rotatable bonds is 2. The maximum Gasteiger partial charge on any atom is 0.269 e. The third-order valence-electron chi connectivity index (χ3n) is 8.02. The first-order chi connectivity index (χ1) is 15.8. The standard InChI is InChI=1S/C24H22N4O5/c1-12-5-10-16-20(13(12)2)25-23(31)24(16)19-18(17-4-3-11-26(17)24)21(29)27(22(19)30)14-6-8-15(9-7-14)28(32)33/h5-10,17-19H,3-4,11H2,1-2H3,(H,25,31)/t17-,18-,19-,24-/m1/s1. The van der Waals surface area contributed by atoms with Gasteiger partial charge in [0.1, 0.15) is 5.54 Å². The van der Waals surface area contributed by atoms with E-state index in [1.54, 1.807) is 0 Å². The van der Waals surface area contributed by atoms with E-state index in [-0.39, 0.29) is 23.5 Å². The minimum Gasteiger partial charge on any atom is -0.324 e. The summed E-state index contributed by atoms with van der Waals surface area (Å²) >= 11 is 0. The Morgan fingerprint density at radius 2 is 1.79 bits per heavy atom. The van der Waals surface area contributed by atoms with Crippen molar-refractivity contribution in [1.82, 2.24) is 4.90 Å². The van der Waals surface area contributed by atoms with Crippen LogP contribution in [-0.2, 0) is 19.9 Å². The van der Waals surface area contributed by atoms with Crippen LogP contribution < -0.4 is 10.2 Å². The van der Waals surface area contributed by atoms with Crippen molar-refractivity contribution in [2.45, 2.75) is 38.3 Å². The molecular weight excluding hydrogens is 424 g/mol. The number of hydrogen-bond acceptors (Lipinski definition) is 6. The number of non-ortho nitro benzene ring substituents is 1. The van der Waals surface area contributed by atoms with Crippen LogP contribution in [0.15, 0.2) is 36.4 Å². The van der Waals surface area contributed by atoms with E-state index in [1.807, 2.05) is 26.0 Å². The molecule has 0 saturated carbocycles. The number of nitro groups is 1. The maximum absolute atomic E-state index is 13.9. The fourth-order valence-electron chi connectivity index (χ4n) is 6.50. The van der Waals surface area contributed by atoms with Gasteiger partial charge in [-0.3, -0.25) is 29.4 Å². The second-order valence-corrected chi connectivity index (χ2v) is 9.34. The number of imide groups is 1. The van der Waals surface area contributed by atoms with Gasteiger partial charge in [-0.25, -0.2) is 4.90 Å². The summed E-state index contributed by atoms with van der Waals surface area (Å²) < 4.78 is 0. The van der Waals surface area contributed by atoms with E-state index in [0.717, 1.165) is 40.1 Å². The minimum absolute atomic E-state index is 0.119. The molecule has 0 aromatic heterocycles. The smallest absolute Gasteiger partial charge is 0.269 e. The Morgan fingerprint density at radius 3 is 2.48 bits per heavy atom. The van der Waals surface area contributed by atoms with Crippen LogP contribution in [-0.4, -0.2) is 40.1 Å². The third kappa shape index (κ3) is 2.27. The van der Waals surface area contributed by atoms with E-state index in [0.29, 0.717) is 12.2 Å². The molecule has 1 N–H and O–H groups in total. The van der Waals surface area contributed by atoms with Crippen LogP contribution in [0.4, 0.5) is 17.1 Å². The van der Waals surface area contributed by atoms with Crippen LogP contribution in [0.1, 0.15) is 29.5 Å². The number of benzene rings is 2. The number of nitro benzene ring substituents is 1. The Labute approximate surface area is 189 Å². The highest BCUT2D eigenvalue weighted by molar-refractivity contribution is 6.26. The minimum atomic E-state index is -1.22. The van der Waals surface area contributed by atoms with Gasteiger partial charge < -0.3 is 5.32 Å². The maximum atomic E-state index is 13.9. The third-order valence-corrected chi connectivity index (χ3v) is 8.02. The van der Waals surface area contributed by atoms with Crippen molar-refractivity contribution in [3.63, 3.8) is 0 Å². The fourth-order valence-corrected chi connectivity index (χ4v) is 6.50. The summed E-state index contributed by atoms with van der Waals surface area (Å²) in [6.07, 6.45) is 1.59. The lowest BCUT2D eigenvalue weighted by Crippen LogP contribution is -2.54. The van der Waals surface area contributed by atoms with Gasteiger partial charge in [0.25, 0.3) is 5.69 Å². The molecule has 0 radical (unpaired) electrons. The normalized spacial score (nSPS) is 30.1. The van der Waals surface area contributed by atoms with E-state index in [4.69, 9.17) is 0 Å². The Morgan fingerprint density at radius 1 is 1.06 bits per heavy atom. The van der Waals surface area contributed by atoms with Crippen LogP contribution in [0, 0.1) is 35.8 Å². The van der Waals surface area contributed by atoms with Crippen molar-refractivity contribution in [3.05, 3.63) is 63.2 Å². The SMILES string of the molecule is Cc1ccc2c(c1C)NC(=O)[C@]21[C@H]2C(=O)N(c3ccc([N+](=O)[O-])cc3)C(=O)[C@@H]2[C@H]2CCCN21. The highest BCUT2D eigenvalue weighted by Crippen LogP contribution is 2.61. The second-order valence-electron chi connectivity index (χ2n) is 9.34. The zero-order chi connectivity index (χ0) is 23.2. The molecule has 0 aliphatic carbocycles. The molecule has 4 aliphatic heterocycles. The molecule has 9 nitrogen and oxygen atoms in total. The van der Waals surface area contributed by atoms with Crippen LogP contribution in [0.3, 0.4) is 0 Å². The number of carbonyl (C=O) groups excluding carboxylic acids is 3. The Bertz CT molecular complexity index is 1270. The Kier molecular flexibility index (Phi) is 3.93. The molecule has 3 fully saturated rings. The zero-order valence-electron chi connectivity index (χ0n) is 18.2. The molecule has 3 amide bonds. The molecular formula is C24H22N4O5. The fraction of sp³-hybridized carbons (Fsp3) is 0.375. The first-order valence-electron chi connectivity index (χ1n) is 11.1. The summed E-state index contributed by atoms with van der Waals surface area (Å²) in [7, 11) is 0. The molecule has 33 heavy (non-hydrogen) atoms. The van der Waals surface area contributed by atoms with Gasteiger partial charge in [0, 0.05) is 29.4 Å². The second kappa shape index (κ2) is 6.48. The number of anilines is 2. The number of nitrogens with zero attached hydrogens (tertiary/aromatic N) is 3. The molecule has 4 atom stereocenters. The molecule has 4 heterocycles. The monoisotopic (exact) mass is 446 g/mol. The largest absolute Gasteiger partial charge is 0.324 e. The molecule has 4 aliphatic rings. The molecule has 0 bridgehead atoms. The summed E-state index contributed by atoms with van der Waals surface area (Å²) in [5, 5.41) is 14.1. The van der Waals surface area contributed by atoms with E-state index in [9.17, 15) is 24.5 Å². The van der Waals surface area contributed by atoms with E-state index < -0.39 is 28.2 Å². The number of nitrogens with one attached hydrogen (secondary N) is 1. The molecule has 3 saturated heterocycles. The number of hydrogen-bond donors (Lipinski definition) is 1. The van der Waals surface area contributed by atoms with Gasteiger partial charge in [-0.2, -0.15) is 0 Å². The molecule has 9 heteroatoms. The van der Waals surface area contributed by atoms with Gasteiger partial charge in [0.15, 0.2) is 0 Å². The zero-order valence-corrected chi connectivity index (χ0v) is 18.2. The average molecular weight is 446 g/mol. The molecule has 6 rings (SSSR count). The quantitative estimate of drug-likeness (QED) is 0.431.